The monoisotopic (exact) mass is 243 g/mol. The molecular formula is C15H17NO2. The molecule has 0 aliphatic heterocycles. The van der Waals surface area contributed by atoms with E-state index < -0.39 is 5.97 Å². The Bertz CT molecular complexity index is 593. The zero-order chi connectivity index (χ0) is 13.2. The second kappa shape index (κ2) is 4.69. The second-order valence-electron chi connectivity index (χ2n) is 5.20. The first kappa shape index (κ1) is 12.4. The summed E-state index contributed by atoms with van der Waals surface area (Å²) in [5.41, 5.74) is 2.15. The standard InChI is InChI=1S/C15H17NO2/c1-15(2,8-7-14(17)18)9-11-10-16-13-6-4-3-5-12(11)13/h3-8,10,16H,9H2,1-2H3,(H,17,18)/b8-7+. The van der Waals surface area contributed by atoms with Gasteiger partial charge < -0.3 is 10.1 Å². The van der Waals surface area contributed by atoms with Crippen molar-refractivity contribution in [1.29, 1.82) is 0 Å². The molecule has 0 radical (unpaired) electrons. The van der Waals surface area contributed by atoms with E-state index in [1.54, 1.807) is 6.08 Å². The molecule has 18 heavy (non-hydrogen) atoms. The lowest BCUT2D eigenvalue weighted by Gasteiger charge is -2.19. The van der Waals surface area contributed by atoms with Gasteiger partial charge in [0.25, 0.3) is 0 Å². The van der Waals surface area contributed by atoms with Crippen molar-refractivity contribution in [2.45, 2.75) is 20.3 Å². The third-order valence-electron chi connectivity index (χ3n) is 3.00. The minimum atomic E-state index is -0.901. The van der Waals surface area contributed by atoms with Gasteiger partial charge in [0, 0.05) is 23.2 Å². The lowest BCUT2D eigenvalue weighted by molar-refractivity contribution is -0.131. The Morgan fingerprint density at radius 2 is 2.11 bits per heavy atom. The average molecular weight is 243 g/mol. The van der Waals surface area contributed by atoms with Crippen molar-refractivity contribution >= 4 is 16.9 Å². The minimum absolute atomic E-state index is 0.177. The van der Waals surface area contributed by atoms with Crippen LogP contribution in [0.15, 0.2) is 42.6 Å². The van der Waals surface area contributed by atoms with Crippen LogP contribution in [0.2, 0.25) is 0 Å². The van der Waals surface area contributed by atoms with Crippen LogP contribution in [-0.2, 0) is 11.2 Å². The number of H-pyrrole nitrogens is 1. The maximum atomic E-state index is 10.6. The van der Waals surface area contributed by atoms with Crippen LogP contribution in [-0.4, -0.2) is 16.1 Å². The fourth-order valence-electron chi connectivity index (χ4n) is 2.12. The summed E-state index contributed by atoms with van der Waals surface area (Å²) in [7, 11) is 0. The lowest BCUT2D eigenvalue weighted by atomic mass is 9.85. The molecule has 0 amide bonds. The molecule has 0 bridgehead atoms. The molecule has 0 atom stereocenters. The highest BCUT2D eigenvalue weighted by Gasteiger charge is 2.17. The topological polar surface area (TPSA) is 53.1 Å². The quantitative estimate of drug-likeness (QED) is 0.809. The van der Waals surface area contributed by atoms with E-state index >= 15 is 0 Å². The zero-order valence-corrected chi connectivity index (χ0v) is 10.6. The Balaban J connectivity index is 2.25. The van der Waals surface area contributed by atoms with Gasteiger partial charge in [-0.05, 0) is 23.5 Å². The van der Waals surface area contributed by atoms with E-state index in [1.807, 2.05) is 38.2 Å². The molecule has 2 aromatic rings. The van der Waals surface area contributed by atoms with Crippen LogP contribution < -0.4 is 0 Å². The van der Waals surface area contributed by atoms with E-state index in [9.17, 15) is 4.79 Å². The van der Waals surface area contributed by atoms with Gasteiger partial charge in [-0.3, -0.25) is 0 Å². The molecule has 1 heterocycles. The molecule has 2 N–H and O–H groups in total. The molecule has 1 aromatic carbocycles. The minimum Gasteiger partial charge on any atom is -0.478 e. The van der Waals surface area contributed by atoms with Crippen molar-refractivity contribution in [2.75, 3.05) is 0 Å². The van der Waals surface area contributed by atoms with E-state index in [0.29, 0.717) is 0 Å². The molecule has 0 spiro atoms. The number of carboxylic acid groups (broad SMARTS) is 1. The number of aromatic amines is 1. The lowest BCUT2D eigenvalue weighted by Crippen LogP contribution is -2.12. The smallest absolute Gasteiger partial charge is 0.327 e. The number of aromatic nitrogens is 1. The van der Waals surface area contributed by atoms with Gasteiger partial charge >= 0.3 is 5.97 Å². The number of carbonyl (C=O) groups is 1. The first-order valence-electron chi connectivity index (χ1n) is 5.95. The van der Waals surface area contributed by atoms with Crippen molar-refractivity contribution in [3.8, 4) is 0 Å². The normalized spacial score (nSPS) is 12.3. The number of allylic oxidation sites excluding steroid dienone is 1. The molecule has 0 aliphatic carbocycles. The molecule has 0 aliphatic rings. The van der Waals surface area contributed by atoms with Crippen molar-refractivity contribution in [3.05, 3.63) is 48.2 Å². The largest absolute Gasteiger partial charge is 0.478 e. The molecule has 0 unspecified atom stereocenters. The SMILES string of the molecule is CC(C)(/C=C/C(=O)O)Cc1c[nH]c2ccccc12. The maximum absolute atomic E-state index is 10.6. The third kappa shape index (κ3) is 2.80. The fourth-order valence-corrected chi connectivity index (χ4v) is 2.12. The Labute approximate surface area is 106 Å². The summed E-state index contributed by atoms with van der Waals surface area (Å²) in [5, 5.41) is 9.88. The van der Waals surface area contributed by atoms with E-state index in [0.717, 1.165) is 11.9 Å². The van der Waals surface area contributed by atoms with Crippen LogP contribution in [0.4, 0.5) is 0 Å². The summed E-state index contributed by atoms with van der Waals surface area (Å²) in [4.78, 5) is 13.8. The van der Waals surface area contributed by atoms with Gasteiger partial charge in [0.15, 0.2) is 0 Å². The number of rotatable bonds is 4. The van der Waals surface area contributed by atoms with E-state index in [1.165, 1.54) is 17.0 Å². The summed E-state index contributed by atoms with van der Waals surface area (Å²) < 4.78 is 0. The molecule has 0 saturated heterocycles. The van der Waals surface area contributed by atoms with Crippen molar-refractivity contribution in [3.63, 3.8) is 0 Å². The summed E-state index contributed by atoms with van der Waals surface area (Å²) in [6, 6.07) is 8.13. The maximum Gasteiger partial charge on any atom is 0.327 e. The third-order valence-corrected chi connectivity index (χ3v) is 3.00. The van der Waals surface area contributed by atoms with E-state index in [4.69, 9.17) is 5.11 Å². The number of aliphatic carboxylic acids is 1. The average Bonchev–Trinajstić information content (AvgIpc) is 2.70. The number of hydrogen-bond donors (Lipinski definition) is 2. The fraction of sp³-hybridized carbons (Fsp3) is 0.267. The molecular weight excluding hydrogens is 226 g/mol. The van der Waals surface area contributed by atoms with Crippen LogP contribution in [0, 0.1) is 5.41 Å². The summed E-state index contributed by atoms with van der Waals surface area (Å²) >= 11 is 0. The summed E-state index contributed by atoms with van der Waals surface area (Å²) in [5.74, 6) is -0.901. The Morgan fingerprint density at radius 3 is 2.83 bits per heavy atom. The van der Waals surface area contributed by atoms with Gasteiger partial charge in [0.1, 0.15) is 0 Å². The number of fused-ring (bicyclic) bond motifs is 1. The van der Waals surface area contributed by atoms with Crippen LogP contribution in [0.25, 0.3) is 10.9 Å². The number of hydrogen-bond acceptors (Lipinski definition) is 1. The van der Waals surface area contributed by atoms with Gasteiger partial charge in [-0.1, -0.05) is 38.1 Å². The van der Waals surface area contributed by atoms with Gasteiger partial charge in [0.05, 0.1) is 0 Å². The number of nitrogens with one attached hydrogen (secondary N) is 1. The van der Waals surface area contributed by atoms with Crippen molar-refractivity contribution in [1.82, 2.24) is 4.98 Å². The molecule has 94 valence electrons. The first-order valence-corrected chi connectivity index (χ1v) is 5.95. The number of para-hydroxylation sites is 1. The number of carboxylic acids is 1. The zero-order valence-electron chi connectivity index (χ0n) is 10.6. The Kier molecular flexibility index (Phi) is 3.24. The molecule has 1 aromatic heterocycles. The Hall–Kier alpha value is -2.03. The van der Waals surface area contributed by atoms with E-state index in [2.05, 4.69) is 11.1 Å². The molecule has 0 saturated carbocycles. The molecule has 2 rings (SSSR count). The highest BCUT2D eigenvalue weighted by atomic mass is 16.4. The summed E-state index contributed by atoms with van der Waals surface area (Å²) in [6.07, 6.45) is 5.77. The predicted molar refractivity (Wildman–Crippen MR) is 72.6 cm³/mol. The highest BCUT2D eigenvalue weighted by Crippen LogP contribution is 2.28. The molecule has 0 fully saturated rings. The highest BCUT2D eigenvalue weighted by molar-refractivity contribution is 5.83. The predicted octanol–water partition coefficient (Wildman–Crippen LogP) is 3.38. The molecule has 3 nitrogen and oxygen atoms in total. The van der Waals surface area contributed by atoms with Crippen molar-refractivity contribution in [2.24, 2.45) is 5.41 Å². The van der Waals surface area contributed by atoms with Crippen LogP contribution in [0.1, 0.15) is 19.4 Å². The van der Waals surface area contributed by atoms with Crippen LogP contribution in [0.3, 0.4) is 0 Å². The van der Waals surface area contributed by atoms with Crippen LogP contribution in [0.5, 0.6) is 0 Å². The van der Waals surface area contributed by atoms with Gasteiger partial charge in [-0.15, -0.1) is 0 Å². The number of benzene rings is 1. The van der Waals surface area contributed by atoms with Crippen molar-refractivity contribution < 1.29 is 9.90 Å². The Morgan fingerprint density at radius 1 is 1.39 bits per heavy atom. The molecule has 3 heteroatoms. The van der Waals surface area contributed by atoms with Gasteiger partial charge in [0.2, 0.25) is 0 Å². The summed E-state index contributed by atoms with van der Waals surface area (Å²) in [6.45, 7) is 4.07. The first-order chi connectivity index (χ1) is 8.48. The van der Waals surface area contributed by atoms with Gasteiger partial charge in [-0.25, -0.2) is 4.79 Å². The second-order valence-corrected chi connectivity index (χ2v) is 5.20. The van der Waals surface area contributed by atoms with E-state index in [-0.39, 0.29) is 5.41 Å². The van der Waals surface area contributed by atoms with Gasteiger partial charge in [-0.2, -0.15) is 0 Å². The van der Waals surface area contributed by atoms with Crippen LogP contribution >= 0.6 is 0 Å².